The zero-order valence-corrected chi connectivity index (χ0v) is 27.9. The van der Waals surface area contributed by atoms with Crippen molar-refractivity contribution in [2.45, 2.75) is 48.3 Å². The number of rotatable bonds is 14. The number of hydrogen-bond acceptors (Lipinski definition) is 5. The number of halogens is 2. The molecule has 228 valence electrons. The molecule has 8 nitrogen and oxygen atoms in total. The Labute approximate surface area is 274 Å². The summed E-state index contributed by atoms with van der Waals surface area (Å²) < 4.78 is 1.83. The van der Waals surface area contributed by atoms with Crippen molar-refractivity contribution in [1.29, 1.82) is 0 Å². The third kappa shape index (κ3) is 10.7. The number of carbonyl (C=O) groups excluding carboxylic acids is 4. The molecule has 0 radical (unpaired) electrons. The molecule has 0 unspecified atom stereocenters. The Morgan fingerprint density at radius 3 is 1.56 bits per heavy atom. The normalized spacial score (nSPS) is 15.3. The van der Waals surface area contributed by atoms with Crippen molar-refractivity contribution in [1.82, 2.24) is 20.4 Å². The zero-order chi connectivity index (χ0) is 30.6. The van der Waals surface area contributed by atoms with E-state index in [1.54, 1.807) is 23.9 Å². The van der Waals surface area contributed by atoms with Crippen molar-refractivity contribution in [3.05, 3.63) is 68.6 Å². The van der Waals surface area contributed by atoms with Gasteiger partial charge in [0.2, 0.25) is 23.6 Å². The molecule has 0 atom stereocenters. The van der Waals surface area contributed by atoms with Gasteiger partial charge < -0.3 is 20.4 Å². The standard InChI is InChI=1S/C32H36Br2N4O4S/c33-25-21-23(9-13-29(39)35-15-3-19-37-17-1-5-31(37)41)7-11-27(25)43-28-12-8-24(22-26(28)34)10-14-30(40)36-16-4-20-38-18-2-6-32(38)42/h7-14,21-22H,1-6,15-20H2,(H,35,39)(H,36,40)/b13-9+,14-10+. The van der Waals surface area contributed by atoms with Gasteiger partial charge >= 0.3 is 0 Å². The van der Waals surface area contributed by atoms with E-state index in [1.165, 1.54) is 12.2 Å². The number of likely N-dealkylation sites (tertiary alicyclic amines) is 2. The highest BCUT2D eigenvalue weighted by atomic mass is 79.9. The van der Waals surface area contributed by atoms with Crippen LogP contribution in [0.3, 0.4) is 0 Å². The van der Waals surface area contributed by atoms with Crippen molar-refractivity contribution in [3.63, 3.8) is 0 Å². The van der Waals surface area contributed by atoms with E-state index in [9.17, 15) is 19.2 Å². The summed E-state index contributed by atoms with van der Waals surface area (Å²) >= 11 is 8.90. The minimum absolute atomic E-state index is 0.159. The number of hydrogen-bond donors (Lipinski definition) is 2. The first-order chi connectivity index (χ1) is 20.8. The fraction of sp³-hybridized carbons (Fsp3) is 0.375. The molecule has 2 heterocycles. The summed E-state index contributed by atoms with van der Waals surface area (Å²) in [7, 11) is 0. The van der Waals surface area contributed by atoms with Crippen LogP contribution in [0, 0.1) is 0 Å². The summed E-state index contributed by atoms with van der Waals surface area (Å²) in [5, 5.41) is 5.75. The predicted octanol–water partition coefficient (Wildman–Crippen LogP) is 5.65. The van der Waals surface area contributed by atoms with Gasteiger partial charge in [-0.2, -0.15) is 0 Å². The maximum Gasteiger partial charge on any atom is 0.244 e. The van der Waals surface area contributed by atoms with Crippen molar-refractivity contribution in [2.24, 2.45) is 0 Å². The van der Waals surface area contributed by atoms with E-state index in [2.05, 4.69) is 42.5 Å². The van der Waals surface area contributed by atoms with Gasteiger partial charge in [-0.3, -0.25) is 19.2 Å². The van der Waals surface area contributed by atoms with Crippen LogP contribution in [0.5, 0.6) is 0 Å². The molecule has 2 aromatic carbocycles. The van der Waals surface area contributed by atoms with Crippen molar-refractivity contribution in [3.8, 4) is 0 Å². The van der Waals surface area contributed by atoms with Crippen LogP contribution in [-0.4, -0.2) is 72.7 Å². The quantitative estimate of drug-likeness (QED) is 0.194. The van der Waals surface area contributed by atoms with Gasteiger partial charge in [-0.15, -0.1) is 0 Å². The monoisotopic (exact) mass is 730 g/mol. The van der Waals surface area contributed by atoms with Crippen molar-refractivity contribution >= 4 is 79.4 Å². The van der Waals surface area contributed by atoms with Gasteiger partial charge in [0.1, 0.15) is 0 Å². The molecule has 2 aliphatic heterocycles. The van der Waals surface area contributed by atoms with Crippen LogP contribution in [-0.2, 0) is 19.2 Å². The first-order valence-electron chi connectivity index (χ1n) is 14.5. The fourth-order valence-corrected chi connectivity index (χ4v) is 6.93. The molecule has 0 spiro atoms. The highest BCUT2D eigenvalue weighted by Crippen LogP contribution is 2.38. The summed E-state index contributed by atoms with van der Waals surface area (Å²) in [6.07, 6.45) is 11.2. The summed E-state index contributed by atoms with van der Waals surface area (Å²) in [6, 6.07) is 11.9. The van der Waals surface area contributed by atoms with Crippen LogP contribution in [0.15, 0.2) is 67.3 Å². The Kier molecular flexibility index (Phi) is 12.9. The second-order valence-corrected chi connectivity index (χ2v) is 13.2. The Morgan fingerprint density at radius 1 is 0.744 bits per heavy atom. The molecule has 43 heavy (non-hydrogen) atoms. The lowest BCUT2D eigenvalue weighted by atomic mass is 10.2. The molecular formula is C32H36Br2N4O4S. The zero-order valence-electron chi connectivity index (χ0n) is 24.0. The Balaban J connectivity index is 1.20. The molecule has 0 bridgehead atoms. The van der Waals surface area contributed by atoms with Crippen LogP contribution in [0.2, 0.25) is 0 Å². The van der Waals surface area contributed by atoms with Gasteiger partial charge in [0.05, 0.1) is 0 Å². The van der Waals surface area contributed by atoms with Crippen molar-refractivity contribution in [2.75, 3.05) is 39.3 Å². The predicted molar refractivity (Wildman–Crippen MR) is 177 cm³/mol. The molecule has 2 N–H and O–H groups in total. The summed E-state index contributed by atoms with van der Waals surface area (Å²) in [4.78, 5) is 53.5. The molecule has 0 aromatic heterocycles. The Bertz CT molecular complexity index is 1290. The average molecular weight is 733 g/mol. The number of carbonyl (C=O) groups is 4. The number of benzene rings is 2. The van der Waals surface area contributed by atoms with E-state index >= 15 is 0 Å². The van der Waals surface area contributed by atoms with Gasteiger partial charge in [-0.05, 0) is 105 Å². The largest absolute Gasteiger partial charge is 0.352 e. The smallest absolute Gasteiger partial charge is 0.244 e. The number of nitrogens with zero attached hydrogens (tertiary/aromatic N) is 2. The lowest BCUT2D eigenvalue weighted by molar-refractivity contribution is -0.128. The molecule has 4 amide bonds. The molecule has 2 aromatic rings. The van der Waals surface area contributed by atoms with Gasteiger partial charge in [-0.1, -0.05) is 23.9 Å². The van der Waals surface area contributed by atoms with E-state index in [4.69, 9.17) is 0 Å². The van der Waals surface area contributed by atoms with Crippen LogP contribution in [0.4, 0.5) is 0 Å². The SMILES string of the molecule is O=C(/C=C/c1ccc(Sc2ccc(/C=C/C(=O)NCCCN3CCCC3=O)cc2Br)c(Br)c1)NCCCN1CCCC1=O. The minimum Gasteiger partial charge on any atom is -0.352 e. The molecule has 0 aliphatic carbocycles. The van der Waals surface area contributed by atoms with E-state index in [0.29, 0.717) is 39.0 Å². The summed E-state index contributed by atoms with van der Waals surface area (Å²) in [6.45, 7) is 4.08. The first-order valence-corrected chi connectivity index (χ1v) is 16.9. The molecule has 0 saturated carbocycles. The van der Waals surface area contributed by atoms with E-state index in [-0.39, 0.29) is 23.6 Å². The molecule has 4 rings (SSSR count). The number of nitrogens with one attached hydrogen (secondary N) is 2. The molecule has 2 fully saturated rings. The van der Waals surface area contributed by atoms with Gasteiger partial charge in [0, 0.05) is 83.0 Å². The van der Waals surface area contributed by atoms with Crippen LogP contribution in [0.1, 0.15) is 49.7 Å². The fourth-order valence-electron chi connectivity index (χ4n) is 4.83. The highest BCUT2D eigenvalue weighted by molar-refractivity contribution is 9.11. The van der Waals surface area contributed by atoms with E-state index in [1.807, 2.05) is 46.2 Å². The molecule has 11 heteroatoms. The third-order valence-corrected chi connectivity index (χ3v) is 10.1. The Hall–Kier alpha value is -2.89. The van der Waals surface area contributed by atoms with Crippen LogP contribution >= 0.6 is 43.6 Å². The lowest BCUT2D eigenvalue weighted by Gasteiger charge is -2.14. The van der Waals surface area contributed by atoms with Crippen molar-refractivity contribution < 1.29 is 19.2 Å². The second-order valence-electron chi connectivity index (χ2n) is 10.4. The first kappa shape index (κ1) is 33.0. The highest BCUT2D eigenvalue weighted by Gasteiger charge is 2.20. The van der Waals surface area contributed by atoms with Gasteiger partial charge in [0.25, 0.3) is 0 Å². The maximum absolute atomic E-state index is 12.2. The molecule has 2 aliphatic rings. The average Bonchev–Trinajstić information content (AvgIpc) is 3.60. The van der Waals surface area contributed by atoms with E-state index in [0.717, 1.165) is 68.6 Å². The van der Waals surface area contributed by atoms with Gasteiger partial charge in [-0.25, -0.2) is 0 Å². The Morgan fingerprint density at radius 2 is 1.19 bits per heavy atom. The molecule has 2 saturated heterocycles. The summed E-state index contributed by atoms with van der Waals surface area (Å²) in [5.41, 5.74) is 1.80. The van der Waals surface area contributed by atoms with Crippen LogP contribution in [0.25, 0.3) is 12.2 Å². The van der Waals surface area contributed by atoms with Gasteiger partial charge in [0.15, 0.2) is 0 Å². The minimum atomic E-state index is -0.159. The topological polar surface area (TPSA) is 98.8 Å². The summed E-state index contributed by atoms with van der Waals surface area (Å²) in [5.74, 6) is 0.0932. The third-order valence-electron chi connectivity index (χ3n) is 7.14. The molecular weight excluding hydrogens is 696 g/mol. The lowest BCUT2D eigenvalue weighted by Crippen LogP contribution is -2.29. The number of amides is 4. The van der Waals surface area contributed by atoms with E-state index < -0.39 is 0 Å². The van der Waals surface area contributed by atoms with Crippen LogP contribution < -0.4 is 10.6 Å². The second kappa shape index (κ2) is 16.8. The maximum atomic E-state index is 12.2.